The standard InChI is InChI=1S/C7H11F3N/c8-6-2-1-3-11(4-6)5-7(9)10/h2,6-7H,1,3-5H2/t6-/m1/s1. The molecule has 65 valence electrons. The van der Waals surface area contributed by atoms with Gasteiger partial charge in [-0.25, -0.2) is 13.2 Å². The van der Waals surface area contributed by atoms with Crippen LogP contribution in [-0.2, 0) is 0 Å². The summed E-state index contributed by atoms with van der Waals surface area (Å²) in [5, 5.41) is 0. The second-order valence-electron chi connectivity index (χ2n) is 2.69. The first-order valence-electron chi connectivity index (χ1n) is 3.66. The SMILES string of the molecule is FC(F)CN1CC[CH][C@@H](F)C1. The Morgan fingerprint density at radius 1 is 1.55 bits per heavy atom. The molecule has 1 aliphatic heterocycles. The zero-order valence-electron chi connectivity index (χ0n) is 6.14. The first-order valence-corrected chi connectivity index (χ1v) is 3.66. The Labute approximate surface area is 64.2 Å². The van der Waals surface area contributed by atoms with Gasteiger partial charge in [-0.3, -0.25) is 4.90 Å². The highest BCUT2D eigenvalue weighted by Gasteiger charge is 2.21. The van der Waals surface area contributed by atoms with Crippen molar-refractivity contribution in [2.24, 2.45) is 0 Å². The average molecular weight is 166 g/mol. The highest BCUT2D eigenvalue weighted by atomic mass is 19.3. The molecule has 0 spiro atoms. The van der Waals surface area contributed by atoms with E-state index in [0.29, 0.717) is 13.0 Å². The predicted molar refractivity (Wildman–Crippen MR) is 36.3 cm³/mol. The molecule has 0 aromatic rings. The topological polar surface area (TPSA) is 3.24 Å². The summed E-state index contributed by atoms with van der Waals surface area (Å²) >= 11 is 0. The minimum absolute atomic E-state index is 0.129. The Morgan fingerprint density at radius 2 is 2.27 bits per heavy atom. The van der Waals surface area contributed by atoms with Crippen molar-refractivity contribution in [1.29, 1.82) is 0 Å². The van der Waals surface area contributed by atoms with Gasteiger partial charge in [0, 0.05) is 6.54 Å². The number of nitrogens with zero attached hydrogens (tertiary/aromatic N) is 1. The van der Waals surface area contributed by atoms with Gasteiger partial charge in [0.15, 0.2) is 0 Å². The highest BCUT2D eigenvalue weighted by molar-refractivity contribution is 4.85. The molecule has 1 saturated heterocycles. The normalized spacial score (nSPS) is 27.8. The van der Waals surface area contributed by atoms with Gasteiger partial charge >= 0.3 is 0 Å². The van der Waals surface area contributed by atoms with Crippen molar-refractivity contribution in [3.63, 3.8) is 0 Å². The minimum Gasteiger partial charge on any atom is -0.295 e. The number of likely N-dealkylation sites (tertiary alicyclic amines) is 1. The van der Waals surface area contributed by atoms with Crippen LogP contribution in [0.2, 0.25) is 0 Å². The first kappa shape index (κ1) is 8.84. The summed E-state index contributed by atoms with van der Waals surface area (Å²) in [6, 6.07) is 0. The molecular formula is C7H11F3N. The summed E-state index contributed by atoms with van der Waals surface area (Å²) in [5.74, 6) is 0. The Kier molecular flexibility index (Phi) is 3.17. The third-order valence-electron chi connectivity index (χ3n) is 1.70. The largest absolute Gasteiger partial charge is 0.295 e. The Bertz CT molecular complexity index is 116. The van der Waals surface area contributed by atoms with E-state index in [4.69, 9.17) is 0 Å². The zero-order chi connectivity index (χ0) is 8.27. The van der Waals surface area contributed by atoms with Crippen molar-refractivity contribution < 1.29 is 13.2 Å². The summed E-state index contributed by atoms with van der Waals surface area (Å²) in [7, 11) is 0. The molecule has 0 amide bonds. The van der Waals surface area contributed by atoms with E-state index in [2.05, 4.69) is 0 Å². The Balaban J connectivity index is 2.23. The molecule has 1 aliphatic rings. The van der Waals surface area contributed by atoms with Crippen LogP contribution in [-0.4, -0.2) is 37.1 Å². The molecule has 1 radical (unpaired) electrons. The van der Waals surface area contributed by atoms with E-state index in [1.165, 1.54) is 11.3 Å². The van der Waals surface area contributed by atoms with Crippen LogP contribution < -0.4 is 0 Å². The van der Waals surface area contributed by atoms with E-state index < -0.39 is 12.6 Å². The predicted octanol–water partition coefficient (Wildman–Crippen LogP) is 1.50. The lowest BCUT2D eigenvalue weighted by Crippen LogP contribution is -2.39. The van der Waals surface area contributed by atoms with Crippen molar-refractivity contribution in [1.82, 2.24) is 4.90 Å². The van der Waals surface area contributed by atoms with Crippen molar-refractivity contribution in [3.05, 3.63) is 6.42 Å². The van der Waals surface area contributed by atoms with Crippen LogP contribution in [0.5, 0.6) is 0 Å². The molecule has 1 fully saturated rings. The molecule has 0 bridgehead atoms. The summed E-state index contributed by atoms with van der Waals surface area (Å²) in [5.41, 5.74) is 0. The lowest BCUT2D eigenvalue weighted by Gasteiger charge is -2.27. The fourth-order valence-corrected chi connectivity index (χ4v) is 1.21. The van der Waals surface area contributed by atoms with Gasteiger partial charge in [-0.15, -0.1) is 0 Å². The molecule has 0 aromatic heterocycles. The Morgan fingerprint density at radius 3 is 2.82 bits per heavy atom. The number of rotatable bonds is 2. The van der Waals surface area contributed by atoms with Gasteiger partial charge in [0.05, 0.1) is 6.54 Å². The fraction of sp³-hybridized carbons (Fsp3) is 0.857. The van der Waals surface area contributed by atoms with E-state index in [1.54, 1.807) is 0 Å². The number of piperidine rings is 1. The van der Waals surface area contributed by atoms with Crippen molar-refractivity contribution in [2.45, 2.75) is 19.0 Å². The van der Waals surface area contributed by atoms with Crippen LogP contribution in [0, 0.1) is 6.42 Å². The van der Waals surface area contributed by atoms with E-state index in [0.717, 1.165) is 0 Å². The van der Waals surface area contributed by atoms with Gasteiger partial charge in [0.1, 0.15) is 6.17 Å². The third kappa shape index (κ3) is 3.10. The lowest BCUT2D eigenvalue weighted by atomic mass is 10.1. The van der Waals surface area contributed by atoms with Crippen LogP contribution in [0.15, 0.2) is 0 Å². The van der Waals surface area contributed by atoms with E-state index in [-0.39, 0.29) is 13.1 Å². The van der Waals surface area contributed by atoms with Gasteiger partial charge in [-0.1, -0.05) is 0 Å². The third-order valence-corrected chi connectivity index (χ3v) is 1.70. The molecule has 0 aliphatic carbocycles. The monoisotopic (exact) mass is 166 g/mol. The first-order chi connectivity index (χ1) is 5.18. The smallest absolute Gasteiger partial charge is 0.251 e. The van der Waals surface area contributed by atoms with Gasteiger partial charge in [-0.2, -0.15) is 0 Å². The number of halogens is 3. The van der Waals surface area contributed by atoms with Gasteiger partial charge in [0.25, 0.3) is 6.43 Å². The lowest BCUT2D eigenvalue weighted by molar-refractivity contribution is 0.0685. The summed E-state index contributed by atoms with van der Waals surface area (Å²) < 4.78 is 36.1. The summed E-state index contributed by atoms with van der Waals surface area (Å²) in [6.45, 7) is 0.392. The molecule has 1 rings (SSSR count). The molecule has 1 nitrogen and oxygen atoms in total. The fourth-order valence-electron chi connectivity index (χ4n) is 1.21. The molecule has 4 heteroatoms. The van der Waals surface area contributed by atoms with Gasteiger partial charge in [0.2, 0.25) is 0 Å². The molecule has 0 saturated carbocycles. The van der Waals surface area contributed by atoms with E-state index >= 15 is 0 Å². The highest BCUT2D eigenvalue weighted by Crippen LogP contribution is 2.12. The van der Waals surface area contributed by atoms with Crippen molar-refractivity contribution in [2.75, 3.05) is 19.6 Å². The van der Waals surface area contributed by atoms with E-state index in [1.807, 2.05) is 0 Å². The maximum Gasteiger partial charge on any atom is 0.251 e. The second-order valence-corrected chi connectivity index (χ2v) is 2.69. The van der Waals surface area contributed by atoms with Crippen LogP contribution in [0.1, 0.15) is 6.42 Å². The Hall–Kier alpha value is -0.250. The van der Waals surface area contributed by atoms with E-state index in [9.17, 15) is 13.2 Å². The quantitative estimate of drug-likeness (QED) is 0.600. The number of hydrogen-bond donors (Lipinski definition) is 0. The van der Waals surface area contributed by atoms with Gasteiger partial charge < -0.3 is 0 Å². The van der Waals surface area contributed by atoms with Crippen molar-refractivity contribution >= 4 is 0 Å². The summed E-state index contributed by atoms with van der Waals surface area (Å²) in [6.07, 6.45) is -1.27. The molecular weight excluding hydrogens is 155 g/mol. The molecule has 11 heavy (non-hydrogen) atoms. The molecule has 0 unspecified atom stereocenters. The summed E-state index contributed by atoms with van der Waals surface area (Å²) in [4.78, 5) is 1.45. The number of alkyl halides is 3. The maximum atomic E-state index is 12.5. The minimum atomic E-state index is -2.35. The molecule has 1 atom stereocenters. The van der Waals surface area contributed by atoms with Crippen LogP contribution in [0.25, 0.3) is 0 Å². The second kappa shape index (κ2) is 3.95. The molecule has 0 N–H and O–H groups in total. The zero-order valence-corrected chi connectivity index (χ0v) is 6.14. The molecule has 1 heterocycles. The average Bonchev–Trinajstić information content (AvgIpc) is 1.85. The van der Waals surface area contributed by atoms with Crippen LogP contribution >= 0.6 is 0 Å². The van der Waals surface area contributed by atoms with Crippen LogP contribution in [0.3, 0.4) is 0 Å². The number of hydrogen-bond acceptors (Lipinski definition) is 1. The maximum absolute atomic E-state index is 12.5. The van der Waals surface area contributed by atoms with Crippen LogP contribution in [0.4, 0.5) is 13.2 Å². The van der Waals surface area contributed by atoms with Crippen molar-refractivity contribution in [3.8, 4) is 0 Å². The molecule has 0 aromatic carbocycles. The van der Waals surface area contributed by atoms with Gasteiger partial charge in [-0.05, 0) is 19.4 Å².